The summed E-state index contributed by atoms with van der Waals surface area (Å²) >= 11 is 1.54. The molecule has 25 heavy (non-hydrogen) atoms. The van der Waals surface area contributed by atoms with E-state index in [1.807, 2.05) is 0 Å². The molecule has 1 heterocycles. The molecule has 126 valence electrons. The Morgan fingerprint density at radius 1 is 1.20 bits per heavy atom. The van der Waals surface area contributed by atoms with Gasteiger partial charge in [0.1, 0.15) is 6.33 Å². The summed E-state index contributed by atoms with van der Waals surface area (Å²) in [5, 5.41) is 23.6. The Kier molecular flexibility index (Phi) is 5.20. The number of thioether (sulfide) groups is 1. The second kappa shape index (κ2) is 7.71. The van der Waals surface area contributed by atoms with E-state index in [0.717, 1.165) is 11.3 Å². The quantitative estimate of drug-likeness (QED) is 0.292. The van der Waals surface area contributed by atoms with Crippen LogP contribution in [0.25, 0.3) is 0 Å². The fourth-order valence-corrected chi connectivity index (χ4v) is 2.86. The molecule has 0 aliphatic carbocycles. The highest BCUT2D eigenvalue weighted by Crippen LogP contribution is 2.20. The van der Waals surface area contributed by atoms with Crippen LogP contribution in [0.4, 0.5) is 5.69 Å². The molecule has 0 radical (unpaired) electrons. The van der Waals surface area contributed by atoms with E-state index < -0.39 is 4.92 Å². The largest absolute Gasteiger partial charge is 0.269 e. The van der Waals surface area contributed by atoms with Crippen molar-refractivity contribution in [3.05, 3.63) is 81.7 Å². The van der Waals surface area contributed by atoms with Crippen LogP contribution in [-0.4, -0.2) is 26.0 Å². The Hall–Kier alpha value is -3.00. The summed E-state index contributed by atoms with van der Waals surface area (Å²) in [7, 11) is 0. The third-order valence-corrected chi connectivity index (χ3v) is 4.43. The van der Waals surface area contributed by atoms with Crippen molar-refractivity contribution in [3.8, 4) is 0 Å². The van der Waals surface area contributed by atoms with Gasteiger partial charge in [-0.15, -0.1) is 10.2 Å². The zero-order valence-electron chi connectivity index (χ0n) is 13.4. The molecule has 0 aliphatic heterocycles. The average Bonchev–Trinajstić information content (AvgIpc) is 3.07. The molecule has 0 fully saturated rings. The molecule has 8 heteroatoms. The van der Waals surface area contributed by atoms with Crippen LogP contribution in [0.15, 0.2) is 65.1 Å². The van der Waals surface area contributed by atoms with Gasteiger partial charge in [-0.1, -0.05) is 41.6 Å². The maximum atomic E-state index is 10.7. The summed E-state index contributed by atoms with van der Waals surface area (Å²) in [6.45, 7) is 2.06. The minimum absolute atomic E-state index is 0.0517. The Morgan fingerprint density at radius 3 is 2.60 bits per heavy atom. The predicted octanol–water partition coefficient (Wildman–Crippen LogP) is 3.67. The van der Waals surface area contributed by atoms with Crippen LogP contribution in [0.3, 0.4) is 0 Å². The second-order valence-corrected chi connectivity index (χ2v) is 6.27. The third-order valence-electron chi connectivity index (χ3n) is 3.42. The Balaban J connectivity index is 1.66. The summed E-state index contributed by atoms with van der Waals surface area (Å²) in [5.74, 6) is 0.770. The van der Waals surface area contributed by atoms with E-state index in [1.165, 1.54) is 29.6 Å². The fraction of sp³-hybridized carbons (Fsp3) is 0.118. The maximum Gasteiger partial charge on any atom is 0.269 e. The molecule has 0 amide bonds. The van der Waals surface area contributed by atoms with E-state index in [4.69, 9.17) is 0 Å². The Morgan fingerprint density at radius 2 is 1.92 bits per heavy atom. The van der Waals surface area contributed by atoms with Crippen molar-refractivity contribution in [2.75, 3.05) is 0 Å². The summed E-state index contributed by atoms with van der Waals surface area (Å²) in [5.41, 5.74) is 3.23. The van der Waals surface area contributed by atoms with Crippen molar-refractivity contribution < 1.29 is 4.92 Å². The lowest BCUT2D eigenvalue weighted by molar-refractivity contribution is -0.384. The number of aryl methyl sites for hydroxylation is 1. The van der Waals surface area contributed by atoms with Gasteiger partial charge in [0.15, 0.2) is 0 Å². The first-order valence-corrected chi connectivity index (χ1v) is 8.47. The van der Waals surface area contributed by atoms with E-state index in [1.54, 1.807) is 34.8 Å². The van der Waals surface area contributed by atoms with Crippen LogP contribution in [-0.2, 0) is 5.75 Å². The monoisotopic (exact) mass is 353 g/mol. The highest BCUT2D eigenvalue weighted by atomic mass is 32.2. The summed E-state index contributed by atoms with van der Waals surface area (Å²) in [4.78, 5) is 10.2. The number of benzene rings is 2. The molecule has 0 aliphatic rings. The molecular weight excluding hydrogens is 338 g/mol. The van der Waals surface area contributed by atoms with Crippen LogP contribution in [0, 0.1) is 17.0 Å². The van der Waals surface area contributed by atoms with Crippen molar-refractivity contribution in [2.24, 2.45) is 5.10 Å². The lowest BCUT2D eigenvalue weighted by atomic mass is 10.2. The normalized spacial score (nSPS) is 11.1. The van der Waals surface area contributed by atoms with Crippen LogP contribution in [0.1, 0.15) is 16.7 Å². The maximum absolute atomic E-state index is 10.7. The highest BCUT2D eigenvalue weighted by Gasteiger charge is 2.05. The minimum atomic E-state index is -0.430. The van der Waals surface area contributed by atoms with E-state index in [-0.39, 0.29) is 5.69 Å². The molecular formula is C17H15N5O2S. The predicted molar refractivity (Wildman–Crippen MR) is 96.9 cm³/mol. The van der Waals surface area contributed by atoms with Gasteiger partial charge in [0.25, 0.3) is 5.69 Å². The SMILES string of the molecule is Cc1ccc(CSc2nncn2/N=C\c2ccc([N+](=O)[O-])cc2)cc1. The number of hydrogen-bond donors (Lipinski definition) is 0. The van der Waals surface area contributed by atoms with Crippen LogP contribution >= 0.6 is 11.8 Å². The van der Waals surface area contributed by atoms with E-state index in [2.05, 4.69) is 46.5 Å². The molecule has 0 unspecified atom stereocenters. The highest BCUT2D eigenvalue weighted by molar-refractivity contribution is 7.98. The Bertz CT molecular complexity index is 888. The van der Waals surface area contributed by atoms with Gasteiger partial charge in [-0.25, -0.2) is 0 Å². The topological polar surface area (TPSA) is 86.2 Å². The standard InChI is InChI=1S/C17H15N5O2S/c1-13-2-4-15(5-3-13)11-25-17-20-18-12-21(17)19-10-14-6-8-16(9-7-14)22(23)24/h2-10,12H,11H2,1H3/b19-10-. The van der Waals surface area contributed by atoms with E-state index >= 15 is 0 Å². The second-order valence-electron chi connectivity index (χ2n) is 5.33. The first kappa shape index (κ1) is 16.8. The number of hydrogen-bond acceptors (Lipinski definition) is 6. The van der Waals surface area contributed by atoms with Crippen LogP contribution in [0.5, 0.6) is 0 Å². The zero-order valence-corrected chi connectivity index (χ0v) is 14.3. The van der Waals surface area contributed by atoms with Gasteiger partial charge in [0, 0.05) is 17.9 Å². The smallest absolute Gasteiger partial charge is 0.258 e. The van der Waals surface area contributed by atoms with Crippen molar-refractivity contribution in [3.63, 3.8) is 0 Å². The van der Waals surface area contributed by atoms with Crippen molar-refractivity contribution in [1.29, 1.82) is 0 Å². The molecule has 2 aromatic carbocycles. The number of aromatic nitrogens is 3. The molecule has 0 N–H and O–H groups in total. The molecule has 3 rings (SSSR count). The van der Waals surface area contributed by atoms with Gasteiger partial charge in [-0.3, -0.25) is 10.1 Å². The van der Waals surface area contributed by atoms with E-state index in [0.29, 0.717) is 5.16 Å². The molecule has 1 aromatic heterocycles. The van der Waals surface area contributed by atoms with Crippen molar-refractivity contribution in [2.45, 2.75) is 17.8 Å². The molecule has 7 nitrogen and oxygen atoms in total. The molecule has 0 spiro atoms. The number of non-ortho nitro benzene ring substituents is 1. The van der Waals surface area contributed by atoms with Crippen LogP contribution < -0.4 is 0 Å². The number of nitrogens with zero attached hydrogens (tertiary/aromatic N) is 5. The fourth-order valence-electron chi connectivity index (χ4n) is 2.04. The first-order valence-electron chi connectivity index (χ1n) is 7.49. The molecule has 3 aromatic rings. The van der Waals surface area contributed by atoms with Crippen molar-refractivity contribution in [1.82, 2.24) is 14.9 Å². The first-order chi connectivity index (χ1) is 12.1. The number of nitro groups is 1. The lowest BCUT2D eigenvalue weighted by Crippen LogP contribution is -1.93. The summed E-state index contributed by atoms with van der Waals surface area (Å²) in [6, 6.07) is 14.5. The van der Waals surface area contributed by atoms with Gasteiger partial charge in [-0.05, 0) is 30.2 Å². The van der Waals surface area contributed by atoms with Crippen molar-refractivity contribution >= 4 is 23.7 Å². The number of rotatable bonds is 6. The lowest BCUT2D eigenvalue weighted by Gasteiger charge is -2.02. The summed E-state index contributed by atoms with van der Waals surface area (Å²) < 4.78 is 1.58. The van der Waals surface area contributed by atoms with Gasteiger partial charge in [0.2, 0.25) is 5.16 Å². The van der Waals surface area contributed by atoms with Crippen LogP contribution in [0.2, 0.25) is 0 Å². The Labute approximate surface area is 148 Å². The average molecular weight is 353 g/mol. The molecule has 0 bridgehead atoms. The molecule has 0 saturated heterocycles. The van der Waals surface area contributed by atoms with Gasteiger partial charge >= 0.3 is 0 Å². The van der Waals surface area contributed by atoms with Gasteiger partial charge in [0.05, 0.1) is 11.1 Å². The van der Waals surface area contributed by atoms with Gasteiger partial charge in [-0.2, -0.15) is 9.78 Å². The van der Waals surface area contributed by atoms with Gasteiger partial charge < -0.3 is 0 Å². The summed E-state index contributed by atoms with van der Waals surface area (Å²) in [6.07, 6.45) is 3.14. The third kappa shape index (κ3) is 4.51. The minimum Gasteiger partial charge on any atom is -0.258 e. The molecule has 0 atom stereocenters. The molecule has 0 saturated carbocycles. The number of nitro benzene ring substituents is 1. The van der Waals surface area contributed by atoms with E-state index in [9.17, 15) is 10.1 Å². The zero-order chi connectivity index (χ0) is 17.6.